The SMILES string of the molecule is Cc1oc2ccc(-c3cnc(C4CC4)cn3)cc2c1C(=O)O. The van der Waals surface area contributed by atoms with Gasteiger partial charge in [0.15, 0.2) is 0 Å². The molecule has 0 saturated heterocycles. The maximum Gasteiger partial charge on any atom is 0.339 e. The summed E-state index contributed by atoms with van der Waals surface area (Å²) in [6, 6.07) is 5.45. The minimum Gasteiger partial charge on any atom is -0.478 e. The molecule has 2 heterocycles. The van der Waals surface area contributed by atoms with Crippen molar-refractivity contribution < 1.29 is 14.3 Å². The molecule has 0 atom stereocenters. The van der Waals surface area contributed by atoms with Crippen LogP contribution in [0.4, 0.5) is 0 Å². The number of fused-ring (bicyclic) bond motifs is 1. The van der Waals surface area contributed by atoms with E-state index < -0.39 is 5.97 Å². The van der Waals surface area contributed by atoms with Crippen LogP contribution in [0.15, 0.2) is 35.0 Å². The average molecular weight is 294 g/mol. The van der Waals surface area contributed by atoms with Crippen molar-refractivity contribution in [2.24, 2.45) is 0 Å². The van der Waals surface area contributed by atoms with Crippen LogP contribution in [0.5, 0.6) is 0 Å². The first kappa shape index (κ1) is 13.0. The molecule has 1 aliphatic carbocycles. The molecular formula is C17H14N2O3. The van der Waals surface area contributed by atoms with Crippen LogP contribution in [-0.4, -0.2) is 21.0 Å². The predicted octanol–water partition coefficient (Wildman–Crippen LogP) is 3.77. The summed E-state index contributed by atoms with van der Waals surface area (Å²) in [6.45, 7) is 1.66. The van der Waals surface area contributed by atoms with Crippen molar-refractivity contribution >= 4 is 16.9 Å². The first-order valence-electron chi connectivity index (χ1n) is 7.22. The Labute approximate surface area is 126 Å². The Morgan fingerprint density at radius 3 is 2.73 bits per heavy atom. The second-order valence-corrected chi connectivity index (χ2v) is 5.65. The van der Waals surface area contributed by atoms with Crippen LogP contribution >= 0.6 is 0 Å². The molecular weight excluding hydrogens is 280 g/mol. The molecule has 1 aromatic carbocycles. The highest BCUT2D eigenvalue weighted by atomic mass is 16.4. The number of aromatic nitrogens is 2. The molecule has 0 bridgehead atoms. The number of carboxylic acid groups (broad SMARTS) is 1. The normalized spacial score (nSPS) is 14.4. The third-order valence-electron chi connectivity index (χ3n) is 4.04. The van der Waals surface area contributed by atoms with E-state index in [4.69, 9.17) is 4.42 Å². The number of rotatable bonds is 3. The van der Waals surface area contributed by atoms with E-state index in [0.29, 0.717) is 22.6 Å². The lowest BCUT2D eigenvalue weighted by atomic mass is 10.1. The van der Waals surface area contributed by atoms with E-state index in [-0.39, 0.29) is 5.56 Å². The van der Waals surface area contributed by atoms with Gasteiger partial charge in [-0.05, 0) is 38.0 Å². The number of aromatic carboxylic acids is 1. The Balaban J connectivity index is 1.81. The Morgan fingerprint density at radius 2 is 2.09 bits per heavy atom. The molecule has 5 nitrogen and oxygen atoms in total. The van der Waals surface area contributed by atoms with Gasteiger partial charge in [-0.2, -0.15) is 0 Å². The number of hydrogen-bond donors (Lipinski definition) is 1. The lowest BCUT2D eigenvalue weighted by Gasteiger charge is -2.02. The van der Waals surface area contributed by atoms with E-state index in [0.717, 1.165) is 17.0 Å². The minimum absolute atomic E-state index is 0.208. The molecule has 0 radical (unpaired) electrons. The van der Waals surface area contributed by atoms with E-state index in [1.54, 1.807) is 25.3 Å². The van der Waals surface area contributed by atoms with Gasteiger partial charge in [0.1, 0.15) is 16.9 Å². The molecule has 110 valence electrons. The number of furan rings is 1. The first-order valence-corrected chi connectivity index (χ1v) is 7.22. The van der Waals surface area contributed by atoms with Crippen molar-refractivity contribution in [3.63, 3.8) is 0 Å². The van der Waals surface area contributed by atoms with E-state index in [1.165, 1.54) is 12.8 Å². The second kappa shape index (κ2) is 4.66. The van der Waals surface area contributed by atoms with Crippen molar-refractivity contribution in [3.8, 4) is 11.3 Å². The molecule has 3 aromatic rings. The zero-order valence-electron chi connectivity index (χ0n) is 12.0. The fourth-order valence-corrected chi connectivity index (χ4v) is 2.72. The summed E-state index contributed by atoms with van der Waals surface area (Å²) in [5.74, 6) is -0.00227. The number of carboxylic acids is 1. The van der Waals surface area contributed by atoms with Crippen molar-refractivity contribution in [1.29, 1.82) is 0 Å². The van der Waals surface area contributed by atoms with Crippen LogP contribution < -0.4 is 0 Å². The topological polar surface area (TPSA) is 76.2 Å². The van der Waals surface area contributed by atoms with Crippen molar-refractivity contribution in [1.82, 2.24) is 9.97 Å². The molecule has 1 aliphatic rings. The summed E-state index contributed by atoms with van der Waals surface area (Å²) in [5, 5.41) is 9.92. The van der Waals surface area contributed by atoms with Crippen LogP contribution in [0.3, 0.4) is 0 Å². The molecule has 0 amide bonds. The maximum absolute atomic E-state index is 11.4. The smallest absolute Gasteiger partial charge is 0.339 e. The van der Waals surface area contributed by atoms with Gasteiger partial charge >= 0.3 is 5.97 Å². The van der Waals surface area contributed by atoms with E-state index in [9.17, 15) is 9.90 Å². The monoisotopic (exact) mass is 294 g/mol. The number of aryl methyl sites for hydroxylation is 1. The van der Waals surface area contributed by atoms with Gasteiger partial charge in [-0.3, -0.25) is 9.97 Å². The standard InChI is InChI=1S/C17H14N2O3/c1-9-16(17(20)21)12-6-11(4-5-15(12)22-9)14-8-18-13(7-19-14)10-2-3-10/h4-8,10H,2-3H2,1H3,(H,20,21). The summed E-state index contributed by atoms with van der Waals surface area (Å²) in [6.07, 6.45) is 5.95. The third-order valence-corrected chi connectivity index (χ3v) is 4.04. The molecule has 5 heteroatoms. The second-order valence-electron chi connectivity index (χ2n) is 5.65. The number of benzene rings is 1. The molecule has 2 aromatic heterocycles. The van der Waals surface area contributed by atoms with Gasteiger partial charge in [0.2, 0.25) is 0 Å². The molecule has 1 N–H and O–H groups in total. The Bertz CT molecular complexity index is 877. The fourth-order valence-electron chi connectivity index (χ4n) is 2.72. The van der Waals surface area contributed by atoms with Crippen molar-refractivity contribution in [3.05, 3.63) is 47.6 Å². The highest BCUT2D eigenvalue weighted by Crippen LogP contribution is 2.38. The molecule has 0 aliphatic heterocycles. The maximum atomic E-state index is 11.4. The highest BCUT2D eigenvalue weighted by Gasteiger charge is 2.25. The Morgan fingerprint density at radius 1 is 1.27 bits per heavy atom. The zero-order chi connectivity index (χ0) is 15.3. The first-order chi connectivity index (χ1) is 10.6. The van der Waals surface area contributed by atoms with Crippen LogP contribution in [0.25, 0.3) is 22.2 Å². The summed E-state index contributed by atoms with van der Waals surface area (Å²) in [4.78, 5) is 20.3. The van der Waals surface area contributed by atoms with Crippen molar-refractivity contribution in [2.45, 2.75) is 25.7 Å². The van der Waals surface area contributed by atoms with Gasteiger partial charge in [-0.15, -0.1) is 0 Å². The summed E-state index contributed by atoms with van der Waals surface area (Å²) < 4.78 is 5.49. The van der Waals surface area contributed by atoms with Crippen LogP contribution in [0.1, 0.15) is 40.6 Å². The lowest BCUT2D eigenvalue weighted by molar-refractivity contribution is 0.0697. The van der Waals surface area contributed by atoms with Crippen LogP contribution in [0, 0.1) is 6.92 Å². The lowest BCUT2D eigenvalue weighted by Crippen LogP contribution is -1.97. The van der Waals surface area contributed by atoms with Crippen LogP contribution in [-0.2, 0) is 0 Å². The predicted molar refractivity (Wildman–Crippen MR) is 80.9 cm³/mol. The highest BCUT2D eigenvalue weighted by molar-refractivity contribution is 6.04. The Kier molecular flexibility index (Phi) is 2.76. The fraction of sp³-hybridized carbons (Fsp3) is 0.235. The van der Waals surface area contributed by atoms with Gasteiger partial charge in [0, 0.05) is 23.1 Å². The van der Waals surface area contributed by atoms with Gasteiger partial charge < -0.3 is 9.52 Å². The molecule has 22 heavy (non-hydrogen) atoms. The summed E-state index contributed by atoms with van der Waals surface area (Å²) in [5.41, 5.74) is 3.39. The third kappa shape index (κ3) is 2.06. The zero-order valence-corrected chi connectivity index (χ0v) is 12.0. The van der Waals surface area contributed by atoms with Gasteiger partial charge in [0.25, 0.3) is 0 Å². The number of nitrogens with zero attached hydrogens (tertiary/aromatic N) is 2. The van der Waals surface area contributed by atoms with Gasteiger partial charge in [-0.1, -0.05) is 0 Å². The number of hydrogen-bond acceptors (Lipinski definition) is 4. The summed E-state index contributed by atoms with van der Waals surface area (Å²) >= 11 is 0. The average Bonchev–Trinajstić information content (AvgIpc) is 3.29. The molecule has 0 spiro atoms. The van der Waals surface area contributed by atoms with Crippen molar-refractivity contribution in [2.75, 3.05) is 0 Å². The van der Waals surface area contributed by atoms with E-state index in [2.05, 4.69) is 9.97 Å². The van der Waals surface area contributed by atoms with Gasteiger partial charge in [0.05, 0.1) is 17.6 Å². The number of carbonyl (C=O) groups is 1. The largest absolute Gasteiger partial charge is 0.478 e. The molecule has 1 fully saturated rings. The molecule has 4 rings (SSSR count). The van der Waals surface area contributed by atoms with E-state index >= 15 is 0 Å². The molecule has 1 saturated carbocycles. The Hall–Kier alpha value is -2.69. The van der Waals surface area contributed by atoms with Crippen LogP contribution in [0.2, 0.25) is 0 Å². The van der Waals surface area contributed by atoms with E-state index in [1.807, 2.05) is 12.3 Å². The summed E-state index contributed by atoms with van der Waals surface area (Å²) in [7, 11) is 0. The van der Waals surface area contributed by atoms with Gasteiger partial charge in [-0.25, -0.2) is 4.79 Å². The minimum atomic E-state index is -0.983. The molecule has 0 unspecified atom stereocenters. The quantitative estimate of drug-likeness (QED) is 0.795.